The lowest BCUT2D eigenvalue weighted by molar-refractivity contribution is -0.151. The zero-order chi connectivity index (χ0) is 27.4. The van der Waals surface area contributed by atoms with Gasteiger partial charge in [0.2, 0.25) is 5.95 Å². The number of nitrogens with one attached hydrogen (secondary N) is 1. The van der Waals surface area contributed by atoms with Crippen molar-refractivity contribution in [2.45, 2.75) is 59.5 Å². The summed E-state index contributed by atoms with van der Waals surface area (Å²) >= 11 is 7.60. The molecule has 2 aromatic heterocycles. The summed E-state index contributed by atoms with van der Waals surface area (Å²) in [7, 11) is -3.62. The topological polar surface area (TPSA) is 141 Å². The summed E-state index contributed by atoms with van der Waals surface area (Å²) < 4.78 is 35.0. The molecule has 3 rings (SSSR count). The molecule has 0 unspecified atom stereocenters. The van der Waals surface area contributed by atoms with E-state index in [-0.39, 0.29) is 18.3 Å². The third-order valence-electron chi connectivity index (χ3n) is 5.21. The van der Waals surface area contributed by atoms with Crippen molar-refractivity contribution in [3.05, 3.63) is 21.3 Å². The molecule has 0 atom stereocenters. The summed E-state index contributed by atoms with van der Waals surface area (Å²) in [6, 6.07) is 0. The summed E-state index contributed by atoms with van der Waals surface area (Å²) in [6.45, 7) is 9.88. The average molecular weight is 574 g/mol. The molecule has 0 saturated heterocycles. The Bertz CT molecular complexity index is 1260. The highest BCUT2D eigenvalue weighted by atomic mass is 35.5. The van der Waals surface area contributed by atoms with Gasteiger partial charge in [-0.15, -0.1) is 0 Å². The summed E-state index contributed by atoms with van der Waals surface area (Å²) in [5, 5.41) is 3.74. The van der Waals surface area contributed by atoms with Crippen LogP contribution < -0.4 is 10.2 Å². The van der Waals surface area contributed by atoms with E-state index in [4.69, 9.17) is 21.1 Å². The van der Waals surface area contributed by atoms with E-state index in [9.17, 15) is 18.0 Å². The van der Waals surface area contributed by atoms with Gasteiger partial charge in [0.05, 0.1) is 18.1 Å². The van der Waals surface area contributed by atoms with Gasteiger partial charge in [-0.05, 0) is 53.9 Å². The van der Waals surface area contributed by atoms with Crippen LogP contribution in [0.1, 0.15) is 61.5 Å². The first-order chi connectivity index (χ1) is 17.3. The van der Waals surface area contributed by atoms with Crippen LogP contribution in [0.3, 0.4) is 0 Å². The Morgan fingerprint density at radius 3 is 2.62 bits per heavy atom. The van der Waals surface area contributed by atoms with E-state index < -0.39 is 33.1 Å². The maximum atomic E-state index is 12.4. The second-order valence-corrected chi connectivity index (χ2v) is 13.1. The lowest BCUT2D eigenvalue weighted by Crippen LogP contribution is -2.34. The first-order valence-electron chi connectivity index (χ1n) is 11.9. The Kier molecular flexibility index (Phi) is 9.35. The van der Waals surface area contributed by atoms with Crippen molar-refractivity contribution in [1.82, 2.24) is 15.0 Å². The average Bonchev–Trinajstić information content (AvgIpc) is 3.12. The number of fused-ring (bicyclic) bond motifs is 1. The van der Waals surface area contributed by atoms with Crippen LogP contribution in [0.4, 0.5) is 16.9 Å². The van der Waals surface area contributed by atoms with Gasteiger partial charge in [-0.3, -0.25) is 10.1 Å². The van der Waals surface area contributed by atoms with Crippen molar-refractivity contribution in [2.75, 3.05) is 41.4 Å². The van der Waals surface area contributed by atoms with E-state index in [2.05, 4.69) is 20.3 Å². The molecule has 2 aromatic rings. The van der Waals surface area contributed by atoms with Gasteiger partial charge in [-0.25, -0.2) is 23.2 Å². The zero-order valence-corrected chi connectivity index (χ0v) is 24.0. The van der Waals surface area contributed by atoms with Gasteiger partial charge in [0.15, 0.2) is 15.0 Å². The first kappa shape index (κ1) is 29.1. The second-order valence-electron chi connectivity index (χ2n) is 9.54. The highest BCUT2D eigenvalue weighted by Crippen LogP contribution is 2.33. The molecular formula is C23H32ClN5O6S2. The van der Waals surface area contributed by atoms with Gasteiger partial charge >= 0.3 is 11.9 Å². The molecule has 0 aliphatic carbocycles. The van der Waals surface area contributed by atoms with Crippen molar-refractivity contribution in [1.29, 1.82) is 0 Å². The van der Waals surface area contributed by atoms with Gasteiger partial charge in [-0.2, -0.15) is 4.98 Å². The molecule has 0 fully saturated rings. The second kappa shape index (κ2) is 11.9. The number of halogens is 1. The van der Waals surface area contributed by atoms with Crippen LogP contribution in [-0.4, -0.2) is 72.1 Å². The number of thiazole rings is 1. The number of aromatic nitrogens is 3. The Balaban J connectivity index is 1.69. The molecule has 204 valence electrons. The van der Waals surface area contributed by atoms with Crippen LogP contribution in [0, 0.1) is 6.92 Å². The number of aryl methyl sites for hydroxylation is 1. The molecule has 0 amide bonds. The summed E-state index contributed by atoms with van der Waals surface area (Å²) in [4.78, 5) is 39.7. The minimum Gasteiger partial charge on any atom is -0.462 e. The minimum absolute atomic E-state index is 0.156. The van der Waals surface area contributed by atoms with Crippen LogP contribution in [-0.2, 0) is 30.5 Å². The number of ether oxygens (including phenoxy) is 2. The molecule has 0 radical (unpaired) electrons. The highest BCUT2D eigenvalue weighted by Gasteiger charge is 2.26. The number of esters is 2. The van der Waals surface area contributed by atoms with E-state index >= 15 is 0 Å². The molecule has 0 aromatic carbocycles. The van der Waals surface area contributed by atoms with Crippen molar-refractivity contribution in [3.8, 4) is 0 Å². The number of anilines is 3. The summed E-state index contributed by atoms with van der Waals surface area (Å²) in [5.74, 6) is -1.16. The third kappa shape index (κ3) is 8.24. The van der Waals surface area contributed by atoms with Gasteiger partial charge in [-0.1, -0.05) is 22.9 Å². The largest absolute Gasteiger partial charge is 0.462 e. The number of hydrogen-bond acceptors (Lipinski definition) is 12. The molecule has 11 nitrogen and oxygen atoms in total. The molecule has 14 heteroatoms. The summed E-state index contributed by atoms with van der Waals surface area (Å²) in [5.41, 5.74) is 0.578. The van der Waals surface area contributed by atoms with E-state index in [1.807, 2.05) is 4.90 Å². The first-order valence-corrected chi connectivity index (χ1v) is 14.9. The van der Waals surface area contributed by atoms with E-state index in [1.165, 1.54) is 0 Å². The van der Waals surface area contributed by atoms with Crippen molar-refractivity contribution in [3.63, 3.8) is 0 Å². The third-order valence-corrected chi connectivity index (χ3v) is 8.16. The number of nitrogens with zero attached hydrogens (tertiary/aromatic N) is 4. The quantitative estimate of drug-likeness (QED) is 0.328. The monoisotopic (exact) mass is 573 g/mol. The highest BCUT2D eigenvalue weighted by molar-refractivity contribution is 7.92. The minimum atomic E-state index is -3.62. The SMILES string of the molecule is CCOC(=O)c1sc(Nc2nc(Cl)c3c(n2)N(CCCS(=O)(=O)CC(=O)OC(C)(C)C)CCC3)nc1C. The van der Waals surface area contributed by atoms with Gasteiger partial charge in [0, 0.05) is 18.7 Å². The summed E-state index contributed by atoms with van der Waals surface area (Å²) in [6.07, 6.45) is 1.83. The number of hydrogen-bond donors (Lipinski definition) is 1. The van der Waals surface area contributed by atoms with Crippen molar-refractivity contribution >= 4 is 61.6 Å². The Morgan fingerprint density at radius 2 is 1.95 bits per heavy atom. The van der Waals surface area contributed by atoms with Crippen LogP contribution in [0.5, 0.6) is 0 Å². The molecule has 0 saturated carbocycles. The van der Waals surface area contributed by atoms with Crippen molar-refractivity contribution in [2.24, 2.45) is 0 Å². The number of carbonyl (C=O) groups excluding carboxylic acids is 2. The fourth-order valence-corrected chi connectivity index (χ4v) is 6.02. The molecular weight excluding hydrogens is 542 g/mol. The maximum Gasteiger partial charge on any atom is 0.350 e. The van der Waals surface area contributed by atoms with E-state index in [0.717, 1.165) is 23.3 Å². The molecule has 0 bridgehead atoms. The fourth-order valence-electron chi connectivity index (χ4n) is 3.78. The number of carbonyl (C=O) groups is 2. The fraction of sp³-hybridized carbons (Fsp3) is 0.609. The molecule has 3 heterocycles. The van der Waals surface area contributed by atoms with Crippen LogP contribution in [0.25, 0.3) is 0 Å². The Labute approximate surface area is 225 Å². The molecule has 1 aliphatic heterocycles. The molecule has 37 heavy (non-hydrogen) atoms. The van der Waals surface area contributed by atoms with E-state index in [1.54, 1.807) is 34.6 Å². The predicted octanol–water partition coefficient (Wildman–Crippen LogP) is 3.71. The smallest absolute Gasteiger partial charge is 0.350 e. The molecule has 1 aliphatic rings. The Hall–Kier alpha value is -2.51. The predicted molar refractivity (Wildman–Crippen MR) is 143 cm³/mol. The van der Waals surface area contributed by atoms with Gasteiger partial charge in [0.25, 0.3) is 0 Å². The number of rotatable bonds is 10. The zero-order valence-electron chi connectivity index (χ0n) is 21.6. The van der Waals surface area contributed by atoms with Gasteiger partial charge < -0.3 is 14.4 Å². The van der Waals surface area contributed by atoms with Gasteiger partial charge in [0.1, 0.15) is 27.2 Å². The standard InChI is InChI=1S/C23H32ClN5O6S2/c1-6-34-20(31)17-14(2)25-22(36-17)28-21-26-18(24)15-9-7-10-29(19(15)27-21)11-8-12-37(32,33)13-16(30)35-23(3,4)5/h6-13H2,1-5H3,(H,25,26,27,28). The van der Waals surface area contributed by atoms with Crippen LogP contribution in [0.15, 0.2) is 0 Å². The van der Waals surface area contributed by atoms with Crippen LogP contribution in [0.2, 0.25) is 5.15 Å². The maximum absolute atomic E-state index is 12.4. The van der Waals surface area contributed by atoms with Crippen LogP contribution >= 0.6 is 22.9 Å². The Morgan fingerprint density at radius 1 is 1.22 bits per heavy atom. The van der Waals surface area contributed by atoms with Crippen molar-refractivity contribution < 1.29 is 27.5 Å². The molecule has 1 N–H and O–H groups in total. The normalized spacial score (nSPS) is 13.7. The lowest BCUT2D eigenvalue weighted by Gasteiger charge is -2.30. The lowest BCUT2D eigenvalue weighted by atomic mass is 10.1. The molecule has 0 spiro atoms. The van der Waals surface area contributed by atoms with E-state index in [0.29, 0.717) is 52.6 Å². The number of sulfone groups is 1.